The topological polar surface area (TPSA) is 72.4 Å². The predicted molar refractivity (Wildman–Crippen MR) is 96.3 cm³/mol. The Balaban J connectivity index is 1.60. The molecule has 0 aromatic heterocycles. The number of aliphatic hydroxyl groups excluding tert-OH is 1. The molecule has 0 saturated carbocycles. The number of aliphatic hydroxyl groups is 1. The van der Waals surface area contributed by atoms with E-state index in [2.05, 4.69) is 0 Å². The molecule has 2 aromatic carbocycles. The van der Waals surface area contributed by atoms with E-state index in [1.165, 1.54) is 12.5 Å². The molecule has 2 rings (SSSR count). The average Bonchev–Trinajstić information content (AvgIpc) is 2.61. The van der Waals surface area contributed by atoms with E-state index in [4.69, 9.17) is 9.47 Å². The van der Waals surface area contributed by atoms with Crippen LogP contribution < -0.4 is 14.8 Å². The van der Waals surface area contributed by atoms with Crippen LogP contribution in [-0.2, 0) is 0 Å². The highest BCUT2D eigenvalue weighted by Gasteiger charge is 2.08. The summed E-state index contributed by atoms with van der Waals surface area (Å²) in [5, 5.41) is 12.0. The fourth-order valence-corrected chi connectivity index (χ4v) is 2.27. The van der Waals surface area contributed by atoms with Gasteiger partial charge < -0.3 is 19.9 Å². The van der Waals surface area contributed by atoms with Crippen molar-refractivity contribution in [2.45, 2.75) is 20.0 Å². The van der Waals surface area contributed by atoms with Gasteiger partial charge in [0.1, 0.15) is 43.9 Å². The van der Waals surface area contributed by atoms with Crippen molar-refractivity contribution >= 4 is 5.78 Å². The molecule has 0 bridgehead atoms. The van der Waals surface area contributed by atoms with Gasteiger partial charge in [0, 0.05) is 5.56 Å². The standard InChI is InChI=1S/C20H25NO4/c1-15-6-8-19(9-7-15)24-11-10-21-13-18(23)14-25-20-5-3-4-17(12-20)16(2)22/h3-9,12,18,21,23H,10-11,13-14H2,1-2H3/p+1/t18-/m1/s1. The second-order valence-electron chi connectivity index (χ2n) is 6.02. The Morgan fingerprint density at radius 1 is 1.12 bits per heavy atom. The number of ketones is 1. The number of rotatable bonds is 10. The van der Waals surface area contributed by atoms with Crippen LogP contribution >= 0.6 is 0 Å². The molecule has 0 saturated heterocycles. The Bertz CT molecular complexity index is 670. The number of hydrogen-bond donors (Lipinski definition) is 2. The third-order valence-corrected chi connectivity index (χ3v) is 3.73. The molecular weight excluding hydrogens is 318 g/mol. The number of carbonyl (C=O) groups excluding carboxylic acids is 1. The molecular formula is C20H26NO4+. The highest BCUT2D eigenvalue weighted by atomic mass is 16.5. The number of carbonyl (C=O) groups is 1. The Kier molecular flexibility index (Phi) is 7.44. The SMILES string of the molecule is CC(=O)c1cccc(OC[C@H](O)C[NH2+]CCOc2ccc(C)cc2)c1. The highest BCUT2D eigenvalue weighted by molar-refractivity contribution is 5.94. The van der Waals surface area contributed by atoms with Crippen LogP contribution in [0.3, 0.4) is 0 Å². The van der Waals surface area contributed by atoms with E-state index in [1.807, 2.05) is 36.5 Å². The molecule has 0 unspecified atom stereocenters. The van der Waals surface area contributed by atoms with Gasteiger partial charge in [0.25, 0.3) is 0 Å². The molecule has 0 spiro atoms. The van der Waals surface area contributed by atoms with Crippen molar-refractivity contribution in [2.24, 2.45) is 0 Å². The average molecular weight is 344 g/mol. The third-order valence-electron chi connectivity index (χ3n) is 3.73. The van der Waals surface area contributed by atoms with Crippen molar-refractivity contribution in [3.63, 3.8) is 0 Å². The quantitative estimate of drug-likeness (QED) is 0.507. The molecule has 2 aromatic rings. The van der Waals surface area contributed by atoms with Crippen molar-refractivity contribution < 1.29 is 24.7 Å². The van der Waals surface area contributed by atoms with Gasteiger partial charge in [-0.3, -0.25) is 4.79 Å². The summed E-state index contributed by atoms with van der Waals surface area (Å²) in [5.74, 6) is 1.44. The second-order valence-corrected chi connectivity index (χ2v) is 6.02. The largest absolute Gasteiger partial charge is 0.491 e. The summed E-state index contributed by atoms with van der Waals surface area (Å²) in [4.78, 5) is 11.3. The van der Waals surface area contributed by atoms with E-state index >= 15 is 0 Å². The van der Waals surface area contributed by atoms with E-state index < -0.39 is 6.10 Å². The molecule has 0 radical (unpaired) electrons. The molecule has 0 aliphatic heterocycles. The molecule has 0 amide bonds. The van der Waals surface area contributed by atoms with Crippen LogP contribution in [0.4, 0.5) is 0 Å². The zero-order valence-corrected chi connectivity index (χ0v) is 14.8. The predicted octanol–water partition coefficient (Wildman–Crippen LogP) is 1.58. The van der Waals surface area contributed by atoms with Crippen molar-refractivity contribution in [3.05, 3.63) is 59.7 Å². The molecule has 5 nitrogen and oxygen atoms in total. The lowest BCUT2D eigenvalue weighted by molar-refractivity contribution is -0.661. The van der Waals surface area contributed by atoms with E-state index in [0.717, 1.165) is 12.3 Å². The maximum Gasteiger partial charge on any atom is 0.159 e. The van der Waals surface area contributed by atoms with Crippen LogP contribution in [0.5, 0.6) is 11.5 Å². The van der Waals surface area contributed by atoms with Crippen molar-refractivity contribution in [2.75, 3.05) is 26.3 Å². The first-order valence-corrected chi connectivity index (χ1v) is 8.47. The Hall–Kier alpha value is -2.37. The van der Waals surface area contributed by atoms with Gasteiger partial charge in [-0.2, -0.15) is 0 Å². The fourth-order valence-electron chi connectivity index (χ4n) is 2.27. The molecule has 134 valence electrons. The number of nitrogens with two attached hydrogens (primary N) is 1. The lowest BCUT2D eigenvalue weighted by Crippen LogP contribution is -2.87. The van der Waals surface area contributed by atoms with Gasteiger partial charge in [-0.15, -0.1) is 0 Å². The van der Waals surface area contributed by atoms with Crippen LogP contribution in [-0.4, -0.2) is 43.3 Å². The van der Waals surface area contributed by atoms with Crippen molar-refractivity contribution in [1.29, 1.82) is 0 Å². The van der Waals surface area contributed by atoms with Gasteiger partial charge in [-0.05, 0) is 38.1 Å². The molecule has 3 N–H and O–H groups in total. The number of quaternary nitrogens is 1. The van der Waals surface area contributed by atoms with Crippen LogP contribution in [0.1, 0.15) is 22.8 Å². The fraction of sp³-hybridized carbons (Fsp3) is 0.350. The van der Waals surface area contributed by atoms with Gasteiger partial charge in [0.15, 0.2) is 5.78 Å². The molecule has 25 heavy (non-hydrogen) atoms. The summed E-state index contributed by atoms with van der Waals surface area (Å²) in [7, 11) is 0. The van der Waals surface area contributed by atoms with E-state index in [-0.39, 0.29) is 12.4 Å². The summed E-state index contributed by atoms with van der Waals surface area (Å²) in [6.07, 6.45) is -0.583. The molecule has 5 heteroatoms. The summed E-state index contributed by atoms with van der Waals surface area (Å²) in [6.45, 7) is 5.61. The zero-order valence-electron chi connectivity index (χ0n) is 14.8. The highest BCUT2D eigenvalue weighted by Crippen LogP contribution is 2.14. The minimum atomic E-state index is -0.583. The monoisotopic (exact) mass is 344 g/mol. The Labute approximate surface area is 148 Å². The van der Waals surface area contributed by atoms with E-state index in [0.29, 0.717) is 24.5 Å². The second kappa shape index (κ2) is 9.81. The lowest BCUT2D eigenvalue weighted by Gasteiger charge is -2.12. The molecule has 0 aliphatic rings. The first-order chi connectivity index (χ1) is 12.0. The summed E-state index contributed by atoms with van der Waals surface area (Å²) in [5.41, 5.74) is 1.81. The normalized spacial score (nSPS) is 11.8. The number of hydrogen-bond acceptors (Lipinski definition) is 4. The summed E-state index contributed by atoms with van der Waals surface area (Å²) < 4.78 is 11.2. The zero-order chi connectivity index (χ0) is 18.1. The first-order valence-electron chi connectivity index (χ1n) is 8.47. The first kappa shape index (κ1) is 19.0. The Morgan fingerprint density at radius 3 is 2.60 bits per heavy atom. The number of ether oxygens (including phenoxy) is 2. The van der Waals surface area contributed by atoms with E-state index in [9.17, 15) is 9.90 Å². The summed E-state index contributed by atoms with van der Waals surface area (Å²) >= 11 is 0. The van der Waals surface area contributed by atoms with Crippen LogP contribution in [0.25, 0.3) is 0 Å². The maximum absolute atomic E-state index is 11.3. The number of benzene rings is 2. The minimum absolute atomic E-state index is 0.00657. The van der Waals surface area contributed by atoms with Gasteiger partial charge >= 0.3 is 0 Å². The Morgan fingerprint density at radius 2 is 1.88 bits per heavy atom. The van der Waals surface area contributed by atoms with Crippen molar-refractivity contribution in [1.82, 2.24) is 0 Å². The summed E-state index contributed by atoms with van der Waals surface area (Å²) in [6, 6.07) is 14.9. The van der Waals surface area contributed by atoms with Crippen LogP contribution in [0.2, 0.25) is 0 Å². The van der Waals surface area contributed by atoms with Gasteiger partial charge in [-0.1, -0.05) is 29.8 Å². The molecule has 1 atom stereocenters. The van der Waals surface area contributed by atoms with E-state index in [1.54, 1.807) is 24.3 Å². The molecule has 0 aliphatic carbocycles. The number of Topliss-reactive ketones (excluding diaryl/α,β-unsaturated/α-hetero) is 1. The minimum Gasteiger partial charge on any atom is -0.491 e. The smallest absolute Gasteiger partial charge is 0.159 e. The maximum atomic E-state index is 11.3. The third kappa shape index (κ3) is 6.95. The molecule has 0 heterocycles. The van der Waals surface area contributed by atoms with Gasteiger partial charge in [-0.25, -0.2) is 0 Å². The molecule has 0 fully saturated rings. The van der Waals surface area contributed by atoms with Crippen molar-refractivity contribution in [3.8, 4) is 11.5 Å². The van der Waals surface area contributed by atoms with Crippen LogP contribution in [0.15, 0.2) is 48.5 Å². The van der Waals surface area contributed by atoms with Crippen LogP contribution in [0, 0.1) is 6.92 Å². The number of aryl methyl sites for hydroxylation is 1. The van der Waals surface area contributed by atoms with Gasteiger partial charge in [0.05, 0.1) is 0 Å². The van der Waals surface area contributed by atoms with Gasteiger partial charge in [0.2, 0.25) is 0 Å². The lowest BCUT2D eigenvalue weighted by atomic mass is 10.1.